The second-order valence-electron chi connectivity index (χ2n) is 6.44. The predicted molar refractivity (Wildman–Crippen MR) is 101 cm³/mol. The number of rotatable bonds is 8. The molecule has 0 aliphatic carbocycles. The maximum absolute atomic E-state index is 12.2. The summed E-state index contributed by atoms with van der Waals surface area (Å²) >= 11 is 0. The van der Waals surface area contributed by atoms with Crippen molar-refractivity contribution >= 4 is 5.91 Å². The van der Waals surface area contributed by atoms with E-state index in [2.05, 4.69) is 20.8 Å². The Morgan fingerprint density at radius 3 is 2.56 bits per heavy atom. The molecule has 0 saturated carbocycles. The van der Waals surface area contributed by atoms with E-state index in [1.165, 1.54) is 5.56 Å². The first-order valence-corrected chi connectivity index (χ1v) is 8.95. The van der Waals surface area contributed by atoms with Crippen molar-refractivity contribution < 1.29 is 9.53 Å². The van der Waals surface area contributed by atoms with E-state index in [1.54, 1.807) is 28.9 Å². The molecule has 0 radical (unpaired) electrons. The third-order valence-corrected chi connectivity index (χ3v) is 4.08. The molecule has 0 atom stereocenters. The molecule has 1 N–H and O–H groups in total. The highest BCUT2D eigenvalue weighted by Gasteiger charge is 2.10. The fourth-order valence-corrected chi connectivity index (χ4v) is 2.63. The molecule has 1 aromatic heterocycles. The summed E-state index contributed by atoms with van der Waals surface area (Å²) in [6.07, 6.45) is 0.804. The molecule has 3 aromatic rings. The van der Waals surface area contributed by atoms with Gasteiger partial charge in [-0.2, -0.15) is 0 Å². The van der Waals surface area contributed by atoms with E-state index in [-0.39, 0.29) is 18.6 Å². The van der Waals surface area contributed by atoms with Crippen molar-refractivity contribution in [3.63, 3.8) is 0 Å². The van der Waals surface area contributed by atoms with Gasteiger partial charge in [-0.15, -0.1) is 5.10 Å². The van der Waals surface area contributed by atoms with Gasteiger partial charge in [0.15, 0.2) is 5.82 Å². The van der Waals surface area contributed by atoms with E-state index >= 15 is 0 Å². The summed E-state index contributed by atoms with van der Waals surface area (Å²) in [6, 6.07) is 17.3. The molecule has 7 nitrogen and oxygen atoms in total. The lowest BCUT2D eigenvalue weighted by Crippen LogP contribution is -2.25. The Morgan fingerprint density at radius 2 is 1.85 bits per heavy atom. The van der Waals surface area contributed by atoms with Crippen molar-refractivity contribution in [3.05, 3.63) is 71.5 Å². The molecule has 140 valence electrons. The van der Waals surface area contributed by atoms with Crippen molar-refractivity contribution in [1.29, 1.82) is 0 Å². The monoisotopic (exact) mass is 365 g/mol. The standard InChI is InChI=1S/C20H23N5O2/c1-15(2)25-19(22-23-24-25)14-27-18-10-8-17(9-11-18)20(26)21-13-12-16-6-4-3-5-7-16/h3-11,15H,12-14H2,1-2H3,(H,21,26). The number of tetrazole rings is 1. The predicted octanol–water partition coefficient (Wildman–Crippen LogP) is 2.81. The zero-order chi connectivity index (χ0) is 19.1. The third kappa shape index (κ3) is 5.13. The number of amides is 1. The average molecular weight is 365 g/mol. The van der Waals surface area contributed by atoms with Crippen molar-refractivity contribution in [3.8, 4) is 5.75 Å². The minimum atomic E-state index is -0.0961. The second kappa shape index (κ2) is 8.93. The van der Waals surface area contributed by atoms with Crippen LogP contribution in [0.25, 0.3) is 0 Å². The van der Waals surface area contributed by atoms with Crippen LogP contribution < -0.4 is 10.1 Å². The molecule has 0 aliphatic heterocycles. The average Bonchev–Trinajstić information content (AvgIpc) is 3.16. The van der Waals surface area contributed by atoms with E-state index in [1.807, 2.05) is 44.2 Å². The zero-order valence-electron chi connectivity index (χ0n) is 15.5. The SMILES string of the molecule is CC(C)n1nnnc1COc1ccc(C(=O)NCCc2ccccc2)cc1. The van der Waals surface area contributed by atoms with E-state index in [9.17, 15) is 4.79 Å². The van der Waals surface area contributed by atoms with Crippen LogP contribution in [0.15, 0.2) is 54.6 Å². The molecule has 0 unspecified atom stereocenters. The van der Waals surface area contributed by atoms with Crippen LogP contribution in [0.4, 0.5) is 0 Å². The van der Waals surface area contributed by atoms with Gasteiger partial charge in [0, 0.05) is 12.1 Å². The summed E-state index contributed by atoms with van der Waals surface area (Å²) in [5.41, 5.74) is 1.80. The molecule has 27 heavy (non-hydrogen) atoms. The van der Waals surface area contributed by atoms with Crippen molar-refractivity contribution in [2.75, 3.05) is 6.54 Å². The fraction of sp³-hybridized carbons (Fsp3) is 0.300. The molecule has 0 aliphatic rings. The Morgan fingerprint density at radius 1 is 1.11 bits per heavy atom. The molecular weight excluding hydrogens is 342 g/mol. The number of nitrogens with zero attached hydrogens (tertiary/aromatic N) is 4. The summed E-state index contributed by atoms with van der Waals surface area (Å²) in [6.45, 7) is 4.88. The van der Waals surface area contributed by atoms with Gasteiger partial charge in [0.05, 0.1) is 6.04 Å². The van der Waals surface area contributed by atoms with Crippen LogP contribution in [0.5, 0.6) is 5.75 Å². The van der Waals surface area contributed by atoms with Crippen molar-refractivity contribution in [1.82, 2.24) is 25.5 Å². The van der Waals surface area contributed by atoms with Crippen LogP contribution in [0.1, 0.15) is 41.6 Å². The van der Waals surface area contributed by atoms with Crippen molar-refractivity contribution in [2.45, 2.75) is 32.9 Å². The number of hydrogen-bond donors (Lipinski definition) is 1. The largest absolute Gasteiger partial charge is 0.486 e. The number of aromatic nitrogens is 4. The van der Waals surface area contributed by atoms with Crippen LogP contribution in [-0.2, 0) is 13.0 Å². The Hall–Kier alpha value is -3.22. The minimum absolute atomic E-state index is 0.0961. The van der Waals surface area contributed by atoms with Gasteiger partial charge in [-0.25, -0.2) is 4.68 Å². The number of ether oxygens (including phenoxy) is 1. The van der Waals surface area contributed by atoms with E-state index in [4.69, 9.17) is 4.74 Å². The highest BCUT2D eigenvalue weighted by atomic mass is 16.5. The number of carbonyl (C=O) groups is 1. The molecule has 0 spiro atoms. The molecular formula is C20H23N5O2. The highest BCUT2D eigenvalue weighted by Crippen LogP contribution is 2.14. The summed E-state index contributed by atoms with van der Waals surface area (Å²) in [5, 5.41) is 14.5. The fourth-order valence-electron chi connectivity index (χ4n) is 2.63. The molecule has 3 rings (SSSR count). The summed E-state index contributed by atoms with van der Waals surface area (Å²) in [5.74, 6) is 1.23. The van der Waals surface area contributed by atoms with Gasteiger partial charge in [-0.3, -0.25) is 4.79 Å². The first-order valence-electron chi connectivity index (χ1n) is 8.95. The summed E-state index contributed by atoms with van der Waals surface area (Å²) < 4.78 is 7.44. The molecule has 0 saturated heterocycles. The Labute approximate surface area is 158 Å². The summed E-state index contributed by atoms with van der Waals surface area (Å²) in [4.78, 5) is 12.2. The molecule has 0 fully saturated rings. The molecule has 7 heteroatoms. The van der Waals surface area contributed by atoms with Crippen LogP contribution in [0, 0.1) is 0 Å². The third-order valence-electron chi connectivity index (χ3n) is 4.08. The van der Waals surface area contributed by atoms with Gasteiger partial charge >= 0.3 is 0 Å². The van der Waals surface area contributed by atoms with Crippen LogP contribution in [0.2, 0.25) is 0 Å². The van der Waals surface area contributed by atoms with E-state index in [0.717, 1.165) is 6.42 Å². The first kappa shape index (κ1) is 18.6. The molecule has 1 amide bonds. The minimum Gasteiger partial charge on any atom is -0.486 e. The van der Waals surface area contributed by atoms with Crippen molar-refractivity contribution in [2.24, 2.45) is 0 Å². The topological polar surface area (TPSA) is 81.9 Å². The Bertz CT molecular complexity index is 860. The Kier molecular flexibility index (Phi) is 6.14. The maximum Gasteiger partial charge on any atom is 0.251 e. The second-order valence-corrected chi connectivity index (χ2v) is 6.44. The lowest BCUT2D eigenvalue weighted by molar-refractivity contribution is 0.0954. The number of carbonyl (C=O) groups excluding carboxylic acids is 1. The van der Waals surface area contributed by atoms with Crippen LogP contribution in [-0.4, -0.2) is 32.7 Å². The first-order chi connectivity index (χ1) is 13.1. The summed E-state index contributed by atoms with van der Waals surface area (Å²) in [7, 11) is 0. The van der Waals surface area contributed by atoms with Gasteiger partial charge < -0.3 is 10.1 Å². The quantitative estimate of drug-likeness (QED) is 0.664. The molecule has 1 heterocycles. The highest BCUT2D eigenvalue weighted by molar-refractivity contribution is 5.94. The van der Waals surface area contributed by atoms with Gasteiger partial charge in [0.25, 0.3) is 5.91 Å². The maximum atomic E-state index is 12.2. The lowest BCUT2D eigenvalue weighted by Gasteiger charge is -2.10. The zero-order valence-corrected chi connectivity index (χ0v) is 15.5. The van der Waals surface area contributed by atoms with Crippen LogP contribution in [0.3, 0.4) is 0 Å². The van der Waals surface area contributed by atoms with Gasteiger partial charge in [0.1, 0.15) is 12.4 Å². The smallest absolute Gasteiger partial charge is 0.251 e. The lowest BCUT2D eigenvalue weighted by atomic mass is 10.1. The molecule has 2 aromatic carbocycles. The van der Waals surface area contributed by atoms with E-state index < -0.39 is 0 Å². The van der Waals surface area contributed by atoms with Crippen LogP contribution >= 0.6 is 0 Å². The number of nitrogens with one attached hydrogen (secondary N) is 1. The van der Waals surface area contributed by atoms with Gasteiger partial charge in [0.2, 0.25) is 0 Å². The Balaban J connectivity index is 1.49. The van der Waals surface area contributed by atoms with Gasteiger partial charge in [-0.05, 0) is 60.5 Å². The molecule has 0 bridgehead atoms. The normalized spacial score (nSPS) is 10.8. The number of hydrogen-bond acceptors (Lipinski definition) is 5. The van der Waals surface area contributed by atoms with Gasteiger partial charge in [-0.1, -0.05) is 30.3 Å². The van der Waals surface area contributed by atoms with E-state index in [0.29, 0.717) is 23.7 Å². The number of benzene rings is 2.